The van der Waals surface area contributed by atoms with Crippen molar-refractivity contribution in [2.45, 2.75) is 59.4 Å². The van der Waals surface area contributed by atoms with Gasteiger partial charge in [0.25, 0.3) is 0 Å². The molecule has 3 nitrogen and oxygen atoms in total. The Morgan fingerprint density at radius 2 is 2.00 bits per heavy atom. The summed E-state index contributed by atoms with van der Waals surface area (Å²) >= 11 is 0. The summed E-state index contributed by atoms with van der Waals surface area (Å²) in [6.45, 7) is 11.6. The monoisotopic (exact) mass is 254 g/mol. The Kier molecular flexibility index (Phi) is 6.69. The first kappa shape index (κ1) is 15.5. The second-order valence-electron chi connectivity index (χ2n) is 6.42. The number of nitrogens with one attached hydrogen (secondary N) is 1. The van der Waals surface area contributed by atoms with Crippen molar-refractivity contribution in [3.8, 4) is 0 Å². The van der Waals surface area contributed by atoms with E-state index < -0.39 is 0 Å². The van der Waals surface area contributed by atoms with E-state index >= 15 is 0 Å². The third kappa shape index (κ3) is 5.85. The normalized spacial score (nSPS) is 19.8. The van der Waals surface area contributed by atoms with Crippen molar-refractivity contribution in [2.24, 2.45) is 11.8 Å². The lowest BCUT2D eigenvalue weighted by Gasteiger charge is -2.28. The second kappa shape index (κ2) is 7.78. The van der Waals surface area contributed by atoms with E-state index in [1.807, 2.05) is 0 Å². The van der Waals surface area contributed by atoms with Crippen molar-refractivity contribution < 1.29 is 4.79 Å². The molecule has 1 saturated heterocycles. The van der Waals surface area contributed by atoms with Gasteiger partial charge >= 0.3 is 0 Å². The molecule has 1 rings (SSSR count). The minimum Gasteiger partial charge on any atom is -0.341 e. The third-order valence-electron chi connectivity index (χ3n) is 3.48. The van der Waals surface area contributed by atoms with Crippen molar-refractivity contribution in [2.75, 3.05) is 19.6 Å². The summed E-state index contributed by atoms with van der Waals surface area (Å²) in [7, 11) is 0. The van der Waals surface area contributed by atoms with Crippen LogP contribution in [0.25, 0.3) is 0 Å². The van der Waals surface area contributed by atoms with E-state index in [-0.39, 0.29) is 0 Å². The molecule has 1 atom stereocenters. The summed E-state index contributed by atoms with van der Waals surface area (Å²) in [5, 5.41) is 3.49. The van der Waals surface area contributed by atoms with Gasteiger partial charge in [0.05, 0.1) is 0 Å². The van der Waals surface area contributed by atoms with Crippen LogP contribution in [-0.2, 0) is 4.79 Å². The molecular formula is C15H30N2O. The highest BCUT2D eigenvalue weighted by atomic mass is 16.2. The zero-order valence-corrected chi connectivity index (χ0v) is 12.5. The van der Waals surface area contributed by atoms with Crippen LogP contribution in [-0.4, -0.2) is 36.5 Å². The maximum Gasteiger partial charge on any atom is 0.222 e. The molecule has 18 heavy (non-hydrogen) atoms. The minimum atomic E-state index is 0.339. The van der Waals surface area contributed by atoms with E-state index in [9.17, 15) is 4.79 Å². The van der Waals surface area contributed by atoms with Gasteiger partial charge in [0.2, 0.25) is 5.91 Å². The second-order valence-corrected chi connectivity index (χ2v) is 6.42. The highest BCUT2D eigenvalue weighted by Gasteiger charge is 2.21. The van der Waals surface area contributed by atoms with Crippen LogP contribution in [0.3, 0.4) is 0 Å². The van der Waals surface area contributed by atoms with Crippen LogP contribution >= 0.6 is 0 Å². The van der Waals surface area contributed by atoms with Crippen LogP contribution in [0.2, 0.25) is 0 Å². The fourth-order valence-corrected chi connectivity index (χ4v) is 2.47. The standard InChI is InChI=1S/C15H30N2O/c1-12(2)7-8-15(18)17(10-13(3)4)11-14-6-5-9-16-14/h12-14,16H,5-11H2,1-4H3. The zero-order chi connectivity index (χ0) is 13.5. The fourth-order valence-electron chi connectivity index (χ4n) is 2.47. The molecule has 0 bridgehead atoms. The Morgan fingerprint density at radius 3 is 2.50 bits per heavy atom. The summed E-state index contributed by atoms with van der Waals surface area (Å²) in [5.41, 5.74) is 0. The van der Waals surface area contributed by atoms with Crippen LogP contribution in [0.1, 0.15) is 53.4 Å². The molecular weight excluding hydrogens is 224 g/mol. The number of amides is 1. The van der Waals surface area contributed by atoms with E-state index in [1.165, 1.54) is 12.8 Å². The molecule has 0 aromatic heterocycles. The number of carbonyl (C=O) groups excluding carboxylic acids is 1. The topological polar surface area (TPSA) is 32.3 Å². The van der Waals surface area contributed by atoms with Gasteiger partial charge in [-0.15, -0.1) is 0 Å². The molecule has 3 heteroatoms. The smallest absolute Gasteiger partial charge is 0.222 e. The van der Waals surface area contributed by atoms with Gasteiger partial charge in [0.1, 0.15) is 0 Å². The van der Waals surface area contributed by atoms with Gasteiger partial charge in [-0.2, -0.15) is 0 Å². The van der Waals surface area contributed by atoms with E-state index in [2.05, 4.69) is 37.9 Å². The average molecular weight is 254 g/mol. The van der Waals surface area contributed by atoms with E-state index in [0.29, 0.717) is 30.2 Å². The van der Waals surface area contributed by atoms with Crippen molar-refractivity contribution in [3.05, 3.63) is 0 Å². The maximum absolute atomic E-state index is 12.3. The van der Waals surface area contributed by atoms with Gasteiger partial charge in [-0.3, -0.25) is 4.79 Å². The first-order valence-corrected chi connectivity index (χ1v) is 7.50. The van der Waals surface area contributed by atoms with Crippen molar-refractivity contribution in [1.29, 1.82) is 0 Å². The SMILES string of the molecule is CC(C)CCC(=O)N(CC(C)C)CC1CCCN1. The summed E-state index contributed by atoms with van der Waals surface area (Å²) in [4.78, 5) is 14.3. The van der Waals surface area contributed by atoms with Crippen molar-refractivity contribution >= 4 is 5.91 Å². The van der Waals surface area contributed by atoms with Gasteiger partial charge in [-0.05, 0) is 37.6 Å². The van der Waals surface area contributed by atoms with Gasteiger partial charge in [0, 0.05) is 25.6 Å². The Morgan fingerprint density at radius 1 is 1.28 bits per heavy atom. The third-order valence-corrected chi connectivity index (χ3v) is 3.48. The molecule has 1 amide bonds. The number of hydrogen-bond acceptors (Lipinski definition) is 2. The average Bonchev–Trinajstić information content (AvgIpc) is 2.77. The van der Waals surface area contributed by atoms with E-state index in [4.69, 9.17) is 0 Å². The summed E-state index contributed by atoms with van der Waals surface area (Å²) < 4.78 is 0. The summed E-state index contributed by atoms with van der Waals surface area (Å²) in [5.74, 6) is 1.50. The number of nitrogens with zero attached hydrogens (tertiary/aromatic N) is 1. The summed E-state index contributed by atoms with van der Waals surface area (Å²) in [6, 6.07) is 0.520. The molecule has 1 heterocycles. The molecule has 1 aliphatic rings. The molecule has 0 spiro atoms. The van der Waals surface area contributed by atoms with Gasteiger partial charge < -0.3 is 10.2 Å². The van der Waals surface area contributed by atoms with E-state index in [0.717, 1.165) is 26.1 Å². The van der Waals surface area contributed by atoms with Crippen LogP contribution in [0.5, 0.6) is 0 Å². The Labute approximate surface area is 112 Å². The van der Waals surface area contributed by atoms with Crippen molar-refractivity contribution in [3.63, 3.8) is 0 Å². The first-order valence-electron chi connectivity index (χ1n) is 7.50. The summed E-state index contributed by atoms with van der Waals surface area (Å²) in [6.07, 6.45) is 4.18. The Hall–Kier alpha value is -0.570. The fraction of sp³-hybridized carbons (Fsp3) is 0.933. The minimum absolute atomic E-state index is 0.339. The Balaban J connectivity index is 2.44. The molecule has 1 fully saturated rings. The number of hydrogen-bond donors (Lipinski definition) is 1. The molecule has 0 aliphatic carbocycles. The van der Waals surface area contributed by atoms with Crippen molar-refractivity contribution in [1.82, 2.24) is 10.2 Å². The molecule has 0 saturated carbocycles. The van der Waals surface area contributed by atoms with Gasteiger partial charge in [-0.25, -0.2) is 0 Å². The Bertz CT molecular complexity index is 245. The lowest BCUT2D eigenvalue weighted by Crippen LogP contribution is -2.42. The lowest BCUT2D eigenvalue weighted by molar-refractivity contribution is -0.132. The van der Waals surface area contributed by atoms with Gasteiger partial charge in [-0.1, -0.05) is 27.7 Å². The van der Waals surface area contributed by atoms with Crippen LogP contribution < -0.4 is 5.32 Å². The highest BCUT2D eigenvalue weighted by Crippen LogP contribution is 2.12. The molecule has 0 aromatic carbocycles. The predicted octanol–water partition coefficient (Wildman–Crippen LogP) is 2.66. The largest absolute Gasteiger partial charge is 0.341 e. The zero-order valence-electron chi connectivity index (χ0n) is 12.5. The maximum atomic E-state index is 12.3. The number of carbonyl (C=O) groups is 1. The quantitative estimate of drug-likeness (QED) is 0.757. The first-order chi connectivity index (χ1) is 8.49. The molecule has 0 aromatic rings. The van der Waals surface area contributed by atoms with Crippen LogP contribution in [0, 0.1) is 11.8 Å². The van der Waals surface area contributed by atoms with E-state index in [1.54, 1.807) is 0 Å². The van der Waals surface area contributed by atoms with Crippen LogP contribution in [0.15, 0.2) is 0 Å². The molecule has 1 unspecified atom stereocenters. The molecule has 1 N–H and O–H groups in total. The van der Waals surface area contributed by atoms with Gasteiger partial charge in [0.15, 0.2) is 0 Å². The molecule has 1 aliphatic heterocycles. The van der Waals surface area contributed by atoms with Crippen LogP contribution in [0.4, 0.5) is 0 Å². The number of rotatable bonds is 7. The molecule has 106 valence electrons. The lowest BCUT2D eigenvalue weighted by atomic mass is 10.1. The highest BCUT2D eigenvalue weighted by molar-refractivity contribution is 5.76. The predicted molar refractivity (Wildman–Crippen MR) is 76.5 cm³/mol. The molecule has 0 radical (unpaired) electrons.